The first-order valence-corrected chi connectivity index (χ1v) is 5.66. The predicted octanol–water partition coefficient (Wildman–Crippen LogP) is 3.78. The second-order valence-corrected chi connectivity index (χ2v) is 4.03. The van der Waals surface area contributed by atoms with Gasteiger partial charge in [0, 0.05) is 5.56 Å². The first kappa shape index (κ1) is 13.9. The molecule has 0 saturated heterocycles. The standard InChI is InChI=1S/C14H11F3N2O/c15-14(16,17)12-8-10(6-7-11(12)13(18)19)20-9-4-2-1-3-5-9/h1-8H,(H3,18,19). The third-order valence-corrected chi connectivity index (χ3v) is 2.57. The van der Waals surface area contributed by atoms with Gasteiger partial charge in [-0.05, 0) is 30.3 Å². The number of nitrogens with two attached hydrogens (primary N) is 1. The van der Waals surface area contributed by atoms with Gasteiger partial charge in [0.05, 0.1) is 5.56 Å². The monoisotopic (exact) mass is 280 g/mol. The van der Waals surface area contributed by atoms with Crippen molar-refractivity contribution in [3.63, 3.8) is 0 Å². The van der Waals surface area contributed by atoms with E-state index < -0.39 is 17.6 Å². The quantitative estimate of drug-likeness (QED) is 0.664. The molecule has 2 aromatic rings. The maximum absolute atomic E-state index is 12.9. The van der Waals surface area contributed by atoms with Gasteiger partial charge in [-0.1, -0.05) is 18.2 Å². The number of benzene rings is 2. The second-order valence-electron chi connectivity index (χ2n) is 4.03. The Balaban J connectivity index is 2.40. The number of halogens is 3. The Morgan fingerprint density at radius 2 is 1.65 bits per heavy atom. The lowest BCUT2D eigenvalue weighted by Gasteiger charge is -2.14. The SMILES string of the molecule is N=C(N)c1ccc(Oc2ccccc2)cc1C(F)(F)F. The Morgan fingerprint density at radius 3 is 2.20 bits per heavy atom. The number of alkyl halides is 3. The molecular formula is C14H11F3N2O. The number of rotatable bonds is 3. The third kappa shape index (κ3) is 3.09. The van der Waals surface area contributed by atoms with E-state index >= 15 is 0 Å². The first-order chi connectivity index (χ1) is 9.38. The van der Waals surface area contributed by atoms with E-state index in [2.05, 4.69) is 0 Å². The van der Waals surface area contributed by atoms with Gasteiger partial charge in [0.2, 0.25) is 0 Å². The van der Waals surface area contributed by atoms with Gasteiger partial charge in [0.15, 0.2) is 0 Å². The molecule has 0 aliphatic carbocycles. The Morgan fingerprint density at radius 1 is 1.00 bits per heavy atom. The fourth-order valence-electron chi connectivity index (χ4n) is 1.68. The minimum atomic E-state index is -4.60. The van der Waals surface area contributed by atoms with Crippen molar-refractivity contribution in [3.8, 4) is 11.5 Å². The van der Waals surface area contributed by atoms with Crippen LogP contribution in [-0.4, -0.2) is 5.84 Å². The lowest BCUT2D eigenvalue weighted by molar-refractivity contribution is -0.137. The van der Waals surface area contributed by atoms with Gasteiger partial charge in [-0.3, -0.25) is 5.41 Å². The van der Waals surface area contributed by atoms with Crippen LogP contribution in [0.1, 0.15) is 11.1 Å². The van der Waals surface area contributed by atoms with Crippen LogP contribution in [0.4, 0.5) is 13.2 Å². The number of nitrogens with one attached hydrogen (secondary N) is 1. The number of para-hydroxylation sites is 1. The molecule has 3 N–H and O–H groups in total. The van der Waals surface area contributed by atoms with Crippen molar-refractivity contribution >= 4 is 5.84 Å². The highest BCUT2D eigenvalue weighted by Crippen LogP contribution is 2.35. The van der Waals surface area contributed by atoms with Crippen molar-refractivity contribution in [1.29, 1.82) is 5.41 Å². The van der Waals surface area contributed by atoms with Crippen LogP contribution in [0.2, 0.25) is 0 Å². The fourth-order valence-corrected chi connectivity index (χ4v) is 1.68. The molecule has 0 aliphatic heterocycles. The molecule has 0 radical (unpaired) electrons. The molecule has 0 atom stereocenters. The summed E-state index contributed by atoms with van der Waals surface area (Å²) in [5, 5.41) is 7.18. The van der Waals surface area contributed by atoms with Crippen LogP contribution in [0.15, 0.2) is 48.5 Å². The van der Waals surface area contributed by atoms with Crippen LogP contribution in [0, 0.1) is 5.41 Å². The lowest BCUT2D eigenvalue weighted by atomic mass is 10.1. The van der Waals surface area contributed by atoms with E-state index in [4.69, 9.17) is 15.9 Å². The minimum Gasteiger partial charge on any atom is -0.457 e. The zero-order valence-corrected chi connectivity index (χ0v) is 10.2. The summed E-state index contributed by atoms with van der Waals surface area (Å²) in [6, 6.07) is 11.8. The highest BCUT2D eigenvalue weighted by Gasteiger charge is 2.34. The van der Waals surface area contributed by atoms with E-state index in [0.29, 0.717) is 5.75 Å². The van der Waals surface area contributed by atoms with E-state index in [1.807, 2.05) is 0 Å². The zero-order valence-electron chi connectivity index (χ0n) is 10.2. The predicted molar refractivity (Wildman–Crippen MR) is 69.0 cm³/mol. The number of nitrogen functional groups attached to an aromatic ring is 1. The molecule has 0 heterocycles. The Labute approximate surface area is 113 Å². The molecule has 20 heavy (non-hydrogen) atoms. The third-order valence-electron chi connectivity index (χ3n) is 2.57. The summed E-state index contributed by atoms with van der Waals surface area (Å²) in [6.07, 6.45) is -4.60. The van der Waals surface area contributed by atoms with Crippen molar-refractivity contribution in [1.82, 2.24) is 0 Å². The van der Waals surface area contributed by atoms with E-state index in [0.717, 1.165) is 12.1 Å². The van der Waals surface area contributed by atoms with Crippen molar-refractivity contribution in [2.75, 3.05) is 0 Å². The lowest BCUT2D eigenvalue weighted by Crippen LogP contribution is -2.18. The van der Waals surface area contributed by atoms with Gasteiger partial charge in [0.25, 0.3) is 0 Å². The topological polar surface area (TPSA) is 59.1 Å². The summed E-state index contributed by atoms with van der Waals surface area (Å²) in [7, 11) is 0. The van der Waals surface area contributed by atoms with Gasteiger partial charge in [-0.2, -0.15) is 13.2 Å². The summed E-state index contributed by atoms with van der Waals surface area (Å²) in [4.78, 5) is 0. The molecule has 0 fully saturated rings. The fraction of sp³-hybridized carbons (Fsp3) is 0.0714. The first-order valence-electron chi connectivity index (χ1n) is 5.66. The number of ether oxygens (including phenoxy) is 1. The van der Waals surface area contributed by atoms with Gasteiger partial charge >= 0.3 is 6.18 Å². The molecule has 0 unspecified atom stereocenters. The molecular weight excluding hydrogens is 269 g/mol. The van der Waals surface area contributed by atoms with Crippen LogP contribution in [0.25, 0.3) is 0 Å². The smallest absolute Gasteiger partial charge is 0.417 e. The average Bonchev–Trinajstić information content (AvgIpc) is 2.38. The van der Waals surface area contributed by atoms with Gasteiger partial charge in [-0.25, -0.2) is 0 Å². The summed E-state index contributed by atoms with van der Waals surface area (Å²) in [5.74, 6) is -0.173. The molecule has 0 spiro atoms. The summed E-state index contributed by atoms with van der Waals surface area (Å²) < 4.78 is 44.1. The maximum atomic E-state index is 12.9. The molecule has 0 amide bonds. The number of hydrogen-bond acceptors (Lipinski definition) is 2. The van der Waals surface area contributed by atoms with Gasteiger partial charge in [-0.15, -0.1) is 0 Å². The van der Waals surface area contributed by atoms with E-state index in [1.165, 1.54) is 6.07 Å². The number of hydrogen-bond donors (Lipinski definition) is 2. The van der Waals surface area contributed by atoms with E-state index in [9.17, 15) is 13.2 Å². The molecule has 0 aliphatic rings. The Bertz CT molecular complexity index is 624. The molecule has 0 bridgehead atoms. The maximum Gasteiger partial charge on any atom is 0.417 e. The molecule has 0 saturated carbocycles. The Kier molecular flexibility index (Phi) is 3.65. The van der Waals surface area contributed by atoms with Crippen LogP contribution in [0.5, 0.6) is 11.5 Å². The summed E-state index contributed by atoms with van der Waals surface area (Å²) in [5.41, 5.74) is 3.81. The molecule has 6 heteroatoms. The van der Waals surface area contributed by atoms with Crippen molar-refractivity contribution < 1.29 is 17.9 Å². The molecule has 0 aromatic heterocycles. The molecule has 3 nitrogen and oxygen atoms in total. The Hall–Kier alpha value is -2.50. The second kappa shape index (κ2) is 5.24. The van der Waals surface area contributed by atoms with E-state index in [1.54, 1.807) is 30.3 Å². The van der Waals surface area contributed by atoms with Gasteiger partial charge in [0.1, 0.15) is 17.3 Å². The highest BCUT2D eigenvalue weighted by atomic mass is 19.4. The van der Waals surface area contributed by atoms with Crippen LogP contribution < -0.4 is 10.5 Å². The molecule has 2 rings (SSSR count). The average molecular weight is 280 g/mol. The summed E-state index contributed by atoms with van der Waals surface area (Å²) in [6.45, 7) is 0. The normalized spacial score (nSPS) is 11.2. The summed E-state index contributed by atoms with van der Waals surface area (Å²) >= 11 is 0. The van der Waals surface area contributed by atoms with Crippen molar-refractivity contribution in [2.24, 2.45) is 5.73 Å². The highest BCUT2D eigenvalue weighted by molar-refractivity contribution is 5.96. The number of amidine groups is 1. The zero-order chi connectivity index (χ0) is 14.8. The van der Waals surface area contributed by atoms with Crippen LogP contribution >= 0.6 is 0 Å². The van der Waals surface area contributed by atoms with Crippen molar-refractivity contribution in [2.45, 2.75) is 6.18 Å². The molecule has 2 aromatic carbocycles. The molecule has 104 valence electrons. The van der Waals surface area contributed by atoms with Crippen molar-refractivity contribution in [3.05, 3.63) is 59.7 Å². The minimum absolute atomic E-state index is 0.0357. The van der Waals surface area contributed by atoms with Crippen LogP contribution in [0.3, 0.4) is 0 Å². The van der Waals surface area contributed by atoms with Crippen LogP contribution in [-0.2, 0) is 6.18 Å². The van der Waals surface area contributed by atoms with Gasteiger partial charge < -0.3 is 10.5 Å². The largest absolute Gasteiger partial charge is 0.457 e. The van der Waals surface area contributed by atoms with E-state index in [-0.39, 0.29) is 11.3 Å².